The molecule has 0 saturated heterocycles. The standard InChI is InChI=1S/C17H28N2O/c1-3-4-5-6-7-8-16(19-18)12-9-15-10-13-17(20-2)14-11-15/h3,10-11,13-14,16,19H,1,4-9,12,18H2,2H3. The molecule has 1 aromatic rings. The number of benzene rings is 1. The number of unbranched alkanes of at least 4 members (excludes halogenated alkanes) is 3. The van der Waals surface area contributed by atoms with E-state index in [1.54, 1.807) is 7.11 Å². The second kappa shape index (κ2) is 10.5. The van der Waals surface area contributed by atoms with E-state index in [0.29, 0.717) is 6.04 Å². The van der Waals surface area contributed by atoms with Crippen molar-refractivity contribution in [2.45, 2.75) is 51.0 Å². The Morgan fingerprint density at radius 1 is 1.20 bits per heavy atom. The highest BCUT2D eigenvalue weighted by Gasteiger charge is 2.06. The van der Waals surface area contributed by atoms with Crippen molar-refractivity contribution in [3.8, 4) is 5.75 Å². The van der Waals surface area contributed by atoms with E-state index in [1.165, 1.54) is 24.8 Å². The fraction of sp³-hybridized carbons (Fsp3) is 0.529. The average molecular weight is 276 g/mol. The van der Waals surface area contributed by atoms with E-state index in [2.05, 4.69) is 24.1 Å². The van der Waals surface area contributed by atoms with Crippen molar-refractivity contribution in [1.82, 2.24) is 5.43 Å². The van der Waals surface area contributed by atoms with Crippen molar-refractivity contribution in [2.75, 3.05) is 7.11 Å². The van der Waals surface area contributed by atoms with Gasteiger partial charge in [-0.3, -0.25) is 11.3 Å². The number of hydrogen-bond acceptors (Lipinski definition) is 3. The minimum Gasteiger partial charge on any atom is -0.497 e. The number of hydrazine groups is 1. The van der Waals surface area contributed by atoms with Crippen molar-refractivity contribution in [3.05, 3.63) is 42.5 Å². The van der Waals surface area contributed by atoms with Gasteiger partial charge < -0.3 is 4.74 Å². The van der Waals surface area contributed by atoms with E-state index in [1.807, 2.05) is 18.2 Å². The van der Waals surface area contributed by atoms with E-state index in [-0.39, 0.29) is 0 Å². The van der Waals surface area contributed by atoms with Crippen LogP contribution in [0.25, 0.3) is 0 Å². The molecule has 0 heterocycles. The number of aryl methyl sites for hydroxylation is 1. The molecule has 112 valence electrons. The maximum absolute atomic E-state index is 5.64. The minimum absolute atomic E-state index is 0.404. The Morgan fingerprint density at radius 3 is 2.55 bits per heavy atom. The molecule has 1 unspecified atom stereocenters. The lowest BCUT2D eigenvalue weighted by molar-refractivity contribution is 0.414. The van der Waals surface area contributed by atoms with E-state index in [4.69, 9.17) is 10.6 Å². The third-order valence-electron chi connectivity index (χ3n) is 3.64. The van der Waals surface area contributed by atoms with Gasteiger partial charge in [0.1, 0.15) is 5.75 Å². The van der Waals surface area contributed by atoms with Crippen LogP contribution >= 0.6 is 0 Å². The minimum atomic E-state index is 0.404. The molecule has 3 N–H and O–H groups in total. The highest BCUT2D eigenvalue weighted by molar-refractivity contribution is 5.27. The summed E-state index contributed by atoms with van der Waals surface area (Å²) < 4.78 is 5.16. The van der Waals surface area contributed by atoms with Gasteiger partial charge in [-0.2, -0.15) is 0 Å². The molecule has 0 aliphatic carbocycles. The molecule has 0 aromatic heterocycles. The molecule has 0 amide bonds. The summed E-state index contributed by atoms with van der Waals surface area (Å²) >= 11 is 0. The number of nitrogens with one attached hydrogen (secondary N) is 1. The SMILES string of the molecule is C=CCCCCCC(CCc1ccc(OC)cc1)NN. The molecule has 3 heteroatoms. The maximum Gasteiger partial charge on any atom is 0.118 e. The normalized spacial score (nSPS) is 12.1. The number of rotatable bonds is 11. The van der Waals surface area contributed by atoms with Crippen molar-refractivity contribution in [1.29, 1.82) is 0 Å². The smallest absolute Gasteiger partial charge is 0.118 e. The highest BCUT2D eigenvalue weighted by Crippen LogP contribution is 2.15. The van der Waals surface area contributed by atoms with Crippen molar-refractivity contribution in [2.24, 2.45) is 5.84 Å². The molecule has 0 bridgehead atoms. The summed E-state index contributed by atoms with van der Waals surface area (Å²) in [5, 5.41) is 0. The van der Waals surface area contributed by atoms with E-state index >= 15 is 0 Å². The second-order valence-electron chi connectivity index (χ2n) is 5.18. The van der Waals surface area contributed by atoms with Gasteiger partial charge >= 0.3 is 0 Å². The Hall–Kier alpha value is -1.32. The molecular formula is C17H28N2O. The molecule has 1 atom stereocenters. The molecule has 3 nitrogen and oxygen atoms in total. The van der Waals surface area contributed by atoms with Crippen LogP contribution in [0.2, 0.25) is 0 Å². The van der Waals surface area contributed by atoms with Gasteiger partial charge in [0, 0.05) is 6.04 Å². The zero-order valence-electron chi connectivity index (χ0n) is 12.6. The van der Waals surface area contributed by atoms with E-state index in [9.17, 15) is 0 Å². The quantitative estimate of drug-likeness (QED) is 0.281. The number of methoxy groups -OCH3 is 1. The van der Waals surface area contributed by atoms with Crippen LogP contribution in [0, 0.1) is 0 Å². The Bertz CT molecular complexity index is 362. The summed E-state index contributed by atoms with van der Waals surface area (Å²) in [4.78, 5) is 0. The van der Waals surface area contributed by atoms with Crippen LogP contribution in [0.1, 0.15) is 44.1 Å². The lowest BCUT2D eigenvalue weighted by atomic mass is 10.0. The maximum atomic E-state index is 5.64. The van der Waals surface area contributed by atoms with Gasteiger partial charge in [0.05, 0.1) is 7.11 Å². The molecule has 1 aromatic carbocycles. The van der Waals surface area contributed by atoms with Crippen molar-refractivity contribution in [3.63, 3.8) is 0 Å². The monoisotopic (exact) mass is 276 g/mol. The first-order valence-electron chi connectivity index (χ1n) is 7.50. The zero-order valence-corrected chi connectivity index (χ0v) is 12.6. The fourth-order valence-electron chi connectivity index (χ4n) is 2.30. The number of hydrogen-bond donors (Lipinski definition) is 2. The van der Waals surface area contributed by atoms with E-state index < -0.39 is 0 Å². The summed E-state index contributed by atoms with van der Waals surface area (Å²) in [7, 11) is 1.69. The molecule has 0 fully saturated rings. The van der Waals surface area contributed by atoms with Gasteiger partial charge in [-0.1, -0.05) is 31.1 Å². The van der Waals surface area contributed by atoms with Gasteiger partial charge in [-0.25, -0.2) is 0 Å². The zero-order chi connectivity index (χ0) is 14.6. The largest absolute Gasteiger partial charge is 0.497 e. The van der Waals surface area contributed by atoms with Gasteiger partial charge in [-0.15, -0.1) is 6.58 Å². The molecule has 20 heavy (non-hydrogen) atoms. The van der Waals surface area contributed by atoms with Gasteiger partial charge in [0.25, 0.3) is 0 Å². The van der Waals surface area contributed by atoms with Crippen LogP contribution in [-0.4, -0.2) is 13.2 Å². The molecule has 0 aliphatic rings. The third-order valence-corrected chi connectivity index (χ3v) is 3.64. The first-order valence-corrected chi connectivity index (χ1v) is 7.50. The van der Waals surface area contributed by atoms with Crippen molar-refractivity contribution >= 4 is 0 Å². The topological polar surface area (TPSA) is 47.3 Å². The lowest BCUT2D eigenvalue weighted by Crippen LogP contribution is -2.35. The van der Waals surface area contributed by atoms with Crippen molar-refractivity contribution < 1.29 is 4.74 Å². The Balaban J connectivity index is 2.23. The summed E-state index contributed by atoms with van der Waals surface area (Å²) in [5.41, 5.74) is 4.27. The van der Waals surface area contributed by atoms with E-state index in [0.717, 1.165) is 31.4 Å². The average Bonchev–Trinajstić information content (AvgIpc) is 2.50. The Labute approximate surface area is 123 Å². The third kappa shape index (κ3) is 6.73. The van der Waals surface area contributed by atoms with Crippen LogP contribution in [0.5, 0.6) is 5.75 Å². The number of nitrogens with two attached hydrogens (primary N) is 1. The summed E-state index contributed by atoms with van der Waals surface area (Å²) in [5.74, 6) is 6.54. The van der Waals surface area contributed by atoms with Crippen LogP contribution in [-0.2, 0) is 6.42 Å². The van der Waals surface area contributed by atoms with Gasteiger partial charge in [0.2, 0.25) is 0 Å². The summed E-state index contributed by atoms with van der Waals surface area (Å²) in [6.07, 6.45) is 10.1. The first-order chi connectivity index (χ1) is 9.80. The Kier molecular flexibility index (Phi) is 8.76. The van der Waals surface area contributed by atoms with Gasteiger partial charge in [-0.05, 0) is 49.8 Å². The lowest BCUT2D eigenvalue weighted by Gasteiger charge is -2.15. The molecule has 0 saturated carbocycles. The molecule has 0 aliphatic heterocycles. The predicted molar refractivity (Wildman–Crippen MR) is 85.7 cm³/mol. The molecule has 0 radical (unpaired) electrons. The summed E-state index contributed by atoms with van der Waals surface area (Å²) in [6.45, 7) is 3.74. The predicted octanol–water partition coefficient (Wildman–Crippen LogP) is 3.60. The fourth-order valence-corrected chi connectivity index (χ4v) is 2.30. The Morgan fingerprint density at radius 2 is 1.95 bits per heavy atom. The van der Waals surface area contributed by atoms with Crippen LogP contribution in [0.4, 0.5) is 0 Å². The van der Waals surface area contributed by atoms with Crippen LogP contribution in [0.15, 0.2) is 36.9 Å². The molecule has 1 rings (SSSR count). The number of allylic oxidation sites excluding steroid dienone is 1. The highest BCUT2D eigenvalue weighted by atomic mass is 16.5. The van der Waals surface area contributed by atoms with Crippen LogP contribution in [0.3, 0.4) is 0 Å². The number of ether oxygens (including phenoxy) is 1. The van der Waals surface area contributed by atoms with Crippen LogP contribution < -0.4 is 16.0 Å². The molecular weight excluding hydrogens is 248 g/mol. The van der Waals surface area contributed by atoms with Gasteiger partial charge in [0.15, 0.2) is 0 Å². The summed E-state index contributed by atoms with van der Waals surface area (Å²) in [6, 6.07) is 8.67. The molecule has 0 spiro atoms. The first kappa shape index (κ1) is 16.7. The second-order valence-corrected chi connectivity index (χ2v) is 5.18.